The van der Waals surface area contributed by atoms with E-state index >= 15 is 0 Å². The molecule has 1 N–H and O–H groups in total. The molecule has 3 aromatic rings. The second-order valence-electron chi connectivity index (χ2n) is 7.78. The predicted molar refractivity (Wildman–Crippen MR) is 142 cm³/mol. The highest BCUT2D eigenvalue weighted by molar-refractivity contribution is 8.18. The highest BCUT2D eigenvalue weighted by Gasteiger charge is 2.30. The summed E-state index contributed by atoms with van der Waals surface area (Å²) in [4.78, 5) is 30.3. The van der Waals surface area contributed by atoms with Crippen molar-refractivity contribution in [2.24, 2.45) is 4.99 Å². The summed E-state index contributed by atoms with van der Waals surface area (Å²) in [5, 5.41) is 10.2. The average Bonchev–Trinajstić information content (AvgIpc) is 3.11. The summed E-state index contributed by atoms with van der Waals surface area (Å²) >= 11 is 7.30. The first-order valence-corrected chi connectivity index (χ1v) is 12.3. The number of amidine groups is 1. The van der Waals surface area contributed by atoms with Crippen molar-refractivity contribution >= 4 is 52.2 Å². The molecule has 1 fully saturated rings. The van der Waals surface area contributed by atoms with E-state index in [0.29, 0.717) is 45.5 Å². The lowest BCUT2D eigenvalue weighted by molar-refractivity contribution is -0.121. The van der Waals surface area contributed by atoms with Crippen molar-refractivity contribution in [3.63, 3.8) is 0 Å². The van der Waals surface area contributed by atoms with E-state index in [0.717, 1.165) is 11.1 Å². The lowest BCUT2D eigenvalue weighted by Crippen LogP contribution is -2.23. The molecule has 9 heteroatoms. The molecule has 3 aromatic carbocycles. The van der Waals surface area contributed by atoms with Crippen molar-refractivity contribution in [3.8, 4) is 11.5 Å². The van der Waals surface area contributed by atoms with E-state index in [1.807, 2.05) is 49.4 Å². The van der Waals surface area contributed by atoms with Crippen molar-refractivity contribution in [1.82, 2.24) is 4.90 Å². The smallest absolute Gasteiger partial charge is 0.335 e. The number of carbonyl (C=O) groups is 2. The number of aliphatic imine (C=N–C) groups is 1. The number of hydrogen-bond acceptors (Lipinski definition) is 6. The molecule has 36 heavy (non-hydrogen) atoms. The van der Waals surface area contributed by atoms with E-state index < -0.39 is 5.97 Å². The summed E-state index contributed by atoms with van der Waals surface area (Å²) in [5.74, 6) is -0.0203. The highest BCUT2D eigenvalue weighted by Crippen LogP contribution is 2.35. The SMILES string of the molecule is CCOc1cc(C=C2SC(=Nc3ccc(C(=O)O)cc3)N(C)C2=O)ccc1OCc1cccc(Cl)c1. The Morgan fingerprint density at radius 1 is 1.08 bits per heavy atom. The van der Waals surface area contributed by atoms with E-state index in [1.165, 1.54) is 28.8 Å². The Bertz CT molecular complexity index is 1350. The molecular formula is C27H23ClN2O5S. The third-order valence-electron chi connectivity index (χ3n) is 5.19. The van der Waals surface area contributed by atoms with Gasteiger partial charge in [0.05, 0.1) is 22.8 Å². The van der Waals surface area contributed by atoms with Crippen LogP contribution in [-0.2, 0) is 11.4 Å². The zero-order valence-corrected chi connectivity index (χ0v) is 21.2. The molecule has 7 nitrogen and oxygen atoms in total. The minimum atomic E-state index is -1.01. The summed E-state index contributed by atoms with van der Waals surface area (Å²) in [6.45, 7) is 2.69. The van der Waals surface area contributed by atoms with Crippen LogP contribution in [0.5, 0.6) is 11.5 Å². The number of halogens is 1. The fraction of sp³-hybridized carbons (Fsp3) is 0.148. The van der Waals surface area contributed by atoms with Gasteiger partial charge >= 0.3 is 5.97 Å². The molecule has 1 heterocycles. The van der Waals surface area contributed by atoms with Crippen molar-refractivity contribution in [1.29, 1.82) is 0 Å². The molecule has 4 rings (SSSR count). The van der Waals surface area contributed by atoms with Gasteiger partial charge in [0, 0.05) is 12.1 Å². The zero-order valence-electron chi connectivity index (χ0n) is 19.6. The average molecular weight is 523 g/mol. The number of rotatable bonds is 8. The van der Waals surface area contributed by atoms with Crippen molar-refractivity contribution in [2.75, 3.05) is 13.7 Å². The number of aromatic carboxylic acids is 1. The Kier molecular flexibility index (Phi) is 7.97. The largest absolute Gasteiger partial charge is 0.490 e. The first kappa shape index (κ1) is 25.3. The van der Waals surface area contributed by atoms with Crippen LogP contribution in [0.25, 0.3) is 6.08 Å². The molecule has 0 radical (unpaired) electrons. The number of carboxylic acid groups (broad SMARTS) is 1. The molecule has 184 valence electrons. The molecule has 0 bridgehead atoms. The van der Waals surface area contributed by atoms with Crippen LogP contribution in [0.15, 0.2) is 76.6 Å². The second kappa shape index (κ2) is 11.3. The molecule has 1 aliphatic heterocycles. The van der Waals surface area contributed by atoms with Crippen LogP contribution in [0.3, 0.4) is 0 Å². The van der Waals surface area contributed by atoms with E-state index in [4.69, 9.17) is 26.2 Å². The summed E-state index contributed by atoms with van der Waals surface area (Å²) in [6, 6.07) is 19.1. The zero-order chi connectivity index (χ0) is 25.7. The van der Waals surface area contributed by atoms with Crippen molar-refractivity contribution in [3.05, 3.63) is 93.3 Å². The number of likely N-dealkylation sites (N-methyl/N-ethyl adjacent to an activating group) is 1. The number of carboxylic acids is 1. The minimum absolute atomic E-state index is 0.174. The topological polar surface area (TPSA) is 88.4 Å². The van der Waals surface area contributed by atoms with E-state index in [-0.39, 0.29) is 11.5 Å². The Balaban J connectivity index is 1.53. The van der Waals surface area contributed by atoms with Gasteiger partial charge in [0.1, 0.15) is 6.61 Å². The van der Waals surface area contributed by atoms with Crippen LogP contribution in [0.2, 0.25) is 5.02 Å². The predicted octanol–water partition coefficient (Wildman–Crippen LogP) is 6.25. The van der Waals surface area contributed by atoms with E-state index in [1.54, 1.807) is 25.3 Å². The molecule has 0 aromatic heterocycles. The fourth-order valence-electron chi connectivity index (χ4n) is 3.38. The number of amides is 1. The molecule has 1 amide bonds. The van der Waals surface area contributed by atoms with Crippen LogP contribution in [0.4, 0.5) is 5.69 Å². The number of thioether (sulfide) groups is 1. The third kappa shape index (κ3) is 6.08. The van der Waals surface area contributed by atoms with Gasteiger partial charge in [-0.05, 0) is 84.4 Å². The fourth-order valence-corrected chi connectivity index (χ4v) is 4.58. The Morgan fingerprint density at radius 3 is 2.56 bits per heavy atom. The van der Waals surface area contributed by atoms with E-state index in [9.17, 15) is 9.59 Å². The molecule has 0 aliphatic carbocycles. The number of benzene rings is 3. The molecule has 0 unspecified atom stereocenters. The summed E-state index contributed by atoms with van der Waals surface area (Å²) in [7, 11) is 1.65. The molecular weight excluding hydrogens is 500 g/mol. The van der Waals surface area contributed by atoms with Gasteiger partial charge in [0.2, 0.25) is 0 Å². The normalized spacial score (nSPS) is 15.5. The second-order valence-corrected chi connectivity index (χ2v) is 9.22. The maximum atomic E-state index is 12.8. The van der Waals surface area contributed by atoms with Gasteiger partial charge in [-0.15, -0.1) is 0 Å². The van der Waals surface area contributed by atoms with Crippen LogP contribution in [0.1, 0.15) is 28.4 Å². The van der Waals surface area contributed by atoms with Crippen LogP contribution >= 0.6 is 23.4 Å². The van der Waals surface area contributed by atoms with Crippen LogP contribution in [0, 0.1) is 0 Å². The summed E-state index contributed by atoms with van der Waals surface area (Å²) in [6.07, 6.45) is 1.78. The van der Waals surface area contributed by atoms with Gasteiger partial charge in [-0.2, -0.15) is 0 Å². The quantitative estimate of drug-likeness (QED) is 0.352. The van der Waals surface area contributed by atoms with Gasteiger partial charge in [0.25, 0.3) is 5.91 Å². The molecule has 1 aliphatic rings. The van der Waals surface area contributed by atoms with Gasteiger partial charge < -0.3 is 14.6 Å². The first-order valence-electron chi connectivity index (χ1n) is 11.1. The van der Waals surface area contributed by atoms with Crippen molar-refractivity contribution in [2.45, 2.75) is 13.5 Å². The Labute approximate surface area is 218 Å². The maximum Gasteiger partial charge on any atom is 0.335 e. The monoisotopic (exact) mass is 522 g/mol. The lowest BCUT2D eigenvalue weighted by atomic mass is 10.1. The molecule has 0 spiro atoms. The van der Waals surface area contributed by atoms with Gasteiger partial charge in [-0.3, -0.25) is 9.69 Å². The number of hydrogen-bond donors (Lipinski definition) is 1. The number of nitrogens with zero attached hydrogens (tertiary/aromatic N) is 2. The molecule has 1 saturated heterocycles. The van der Waals surface area contributed by atoms with Crippen LogP contribution in [-0.4, -0.2) is 40.7 Å². The van der Waals surface area contributed by atoms with Crippen LogP contribution < -0.4 is 9.47 Å². The highest BCUT2D eigenvalue weighted by atomic mass is 35.5. The Morgan fingerprint density at radius 2 is 1.86 bits per heavy atom. The minimum Gasteiger partial charge on any atom is -0.490 e. The lowest BCUT2D eigenvalue weighted by Gasteiger charge is -2.13. The number of ether oxygens (including phenoxy) is 2. The van der Waals surface area contributed by atoms with E-state index in [2.05, 4.69) is 4.99 Å². The molecule has 0 saturated carbocycles. The van der Waals surface area contributed by atoms with Crippen molar-refractivity contribution < 1.29 is 24.2 Å². The third-order valence-corrected chi connectivity index (χ3v) is 6.49. The Hall–Kier alpha value is -3.75. The number of carbonyl (C=O) groups excluding carboxylic acids is 1. The van der Waals surface area contributed by atoms with Gasteiger partial charge in [0.15, 0.2) is 16.7 Å². The standard InChI is InChI=1S/C27H23ClN2O5S/c1-3-34-23-14-17(7-12-22(23)35-16-18-5-4-6-20(28)13-18)15-24-25(31)30(2)27(36-24)29-21-10-8-19(9-11-21)26(32)33/h4-15H,3,16H2,1-2H3,(H,32,33). The summed E-state index contributed by atoms with van der Waals surface area (Å²) < 4.78 is 11.7. The maximum absolute atomic E-state index is 12.8. The van der Waals surface area contributed by atoms with Gasteiger partial charge in [-0.1, -0.05) is 29.8 Å². The van der Waals surface area contributed by atoms with Gasteiger partial charge in [-0.25, -0.2) is 9.79 Å². The summed E-state index contributed by atoms with van der Waals surface area (Å²) in [5.41, 5.74) is 2.46. The molecule has 0 atom stereocenters. The first-order chi connectivity index (χ1) is 17.3.